The van der Waals surface area contributed by atoms with Gasteiger partial charge in [-0.1, -0.05) is 23.7 Å². The van der Waals surface area contributed by atoms with Crippen molar-refractivity contribution in [2.24, 2.45) is 5.10 Å². The number of hydrogen-bond donors (Lipinski definition) is 1. The second kappa shape index (κ2) is 8.53. The lowest BCUT2D eigenvalue weighted by molar-refractivity contribution is 0.353. The predicted molar refractivity (Wildman–Crippen MR) is 111 cm³/mol. The van der Waals surface area contributed by atoms with Gasteiger partial charge >= 0.3 is 0 Å². The molecule has 0 saturated carbocycles. The minimum Gasteiger partial charge on any atom is -0.493 e. The minimum atomic E-state index is 0.621. The summed E-state index contributed by atoms with van der Waals surface area (Å²) in [5.41, 5.74) is 5.67. The van der Waals surface area contributed by atoms with Crippen molar-refractivity contribution in [3.8, 4) is 22.8 Å². The van der Waals surface area contributed by atoms with Crippen LogP contribution in [0.1, 0.15) is 5.56 Å². The molecule has 8 heteroatoms. The molecule has 3 rings (SSSR count). The number of methoxy groups -OCH3 is 2. The number of thiazole rings is 1. The molecule has 0 fully saturated rings. The Morgan fingerprint density at radius 2 is 1.92 bits per heavy atom. The average Bonchev–Trinajstić information content (AvgIpc) is 3.12. The fraction of sp³-hybridized carbons (Fsp3) is 0.111. The fourth-order valence-electron chi connectivity index (χ4n) is 2.24. The van der Waals surface area contributed by atoms with Gasteiger partial charge in [0, 0.05) is 21.5 Å². The van der Waals surface area contributed by atoms with Crippen molar-refractivity contribution in [1.82, 2.24) is 4.98 Å². The van der Waals surface area contributed by atoms with Crippen LogP contribution in [0.25, 0.3) is 11.3 Å². The van der Waals surface area contributed by atoms with Gasteiger partial charge in [0.25, 0.3) is 0 Å². The lowest BCUT2D eigenvalue weighted by Crippen LogP contribution is -1.96. The Bertz CT molecular complexity index is 929. The van der Waals surface area contributed by atoms with Crippen LogP contribution >= 0.6 is 38.9 Å². The Hall–Kier alpha value is -2.09. The Balaban J connectivity index is 1.72. The summed E-state index contributed by atoms with van der Waals surface area (Å²) < 4.78 is 11.4. The second-order valence-corrected chi connectivity index (χ2v) is 7.21. The fourth-order valence-corrected chi connectivity index (χ4v) is 3.63. The van der Waals surface area contributed by atoms with Crippen molar-refractivity contribution in [3.63, 3.8) is 0 Å². The molecule has 1 heterocycles. The van der Waals surface area contributed by atoms with Crippen molar-refractivity contribution in [3.05, 3.63) is 56.8 Å². The zero-order valence-electron chi connectivity index (χ0n) is 14.0. The molecule has 5 nitrogen and oxygen atoms in total. The number of hydrogen-bond acceptors (Lipinski definition) is 6. The van der Waals surface area contributed by atoms with Crippen LogP contribution in [0.2, 0.25) is 5.02 Å². The van der Waals surface area contributed by atoms with E-state index in [4.69, 9.17) is 21.1 Å². The number of nitrogens with one attached hydrogen (secondary N) is 1. The molecule has 3 aromatic rings. The summed E-state index contributed by atoms with van der Waals surface area (Å²) in [4.78, 5) is 4.52. The molecule has 134 valence electrons. The Kier molecular flexibility index (Phi) is 6.13. The van der Waals surface area contributed by atoms with Crippen LogP contribution in [-0.2, 0) is 0 Å². The summed E-state index contributed by atoms with van der Waals surface area (Å²) >= 11 is 10.9. The summed E-state index contributed by atoms with van der Waals surface area (Å²) in [6.07, 6.45) is 1.69. The molecule has 0 unspecified atom stereocenters. The standard InChI is InChI=1S/C18H15BrClN3O2S/c1-24-15-8-5-12(16(19)17(15)25-2)9-21-23-18-22-14(10-26-18)11-3-6-13(20)7-4-11/h3-10H,1-2H3,(H,22,23)/b21-9-. The van der Waals surface area contributed by atoms with Crippen LogP contribution in [0.3, 0.4) is 0 Å². The van der Waals surface area contributed by atoms with E-state index in [-0.39, 0.29) is 0 Å². The number of hydrazone groups is 1. The molecule has 1 N–H and O–H groups in total. The van der Waals surface area contributed by atoms with Crippen molar-refractivity contribution in [1.29, 1.82) is 0 Å². The maximum absolute atomic E-state index is 5.91. The van der Waals surface area contributed by atoms with Crippen molar-refractivity contribution < 1.29 is 9.47 Å². The summed E-state index contributed by atoms with van der Waals surface area (Å²) in [6, 6.07) is 11.3. The van der Waals surface area contributed by atoms with Crippen LogP contribution in [0.4, 0.5) is 5.13 Å². The number of aromatic nitrogens is 1. The van der Waals surface area contributed by atoms with Gasteiger partial charge in [0.1, 0.15) is 0 Å². The number of nitrogens with zero attached hydrogens (tertiary/aromatic N) is 2. The first-order chi connectivity index (χ1) is 12.6. The molecular weight excluding hydrogens is 438 g/mol. The topological polar surface area (TPSA) is 55.7 Å². The highest BCUT2D eigenvalue weighted by Crippen LogP contribution is 2.36. The third kappa shape index (κ3) is 4.17. The molecule has 2 aromatic carbocycles. The quantitative estimate of drug-likeness (QED) is 0.385. The molecule has 0 spiro atoms. The zero-order valence-corrected chi connectivity index (χ0v) is 17.2. The number of rotatable bonds is 6. The van der Waals surface area contributed by atoms with Crippen molar-refractivity contribution in [2.75, 3.05) is 19.6 Å². The molecule has 0 atom stereocenters. The molecule has 1 aromatic heterocycles. The van der Waals surface area contributed by atoms with Gasteiger partial charge in [0.05, 0.1) is 30.6 Å². The first-order valence-electron chi connectivity index (χ1n) is 7.53. The van der Waals surface area contributed by atoms with Crippen LogP contribution < -0.4 is 14.9 Å². The molecule has 0 aliphatic heterocycles. The van der Waals surface area contributed by atoms with Crippen LogP contribution in [0.15, 0.2) is 51.4 Å². The average molecular weight is 453 g/mol. The van der Waals surface area contributed by atoms with Gasteiger partial charge in [-0.25, -0.2) is 4.98 Å². The van der Waals surface area contributed by atoms with E-state index < -0.39 is 0 Å². The molecule has 0 bridgehead atoms. The third-order valence-corrected chi connectivity index (χ3v) is 5.34. The van der Waals surface area contributed by atoms with Crippen LogP contribution in [-0.4, -0.2) is 25.4 Å². The number of halogens is 2. The maximum atomic E-state index is 5.91. The van der Waals surface area contributed by atoms with Gasteiger partial charge in [0.15, 0.2) is 11.5 Å². The van der Waals surface area contributed by atoms with Gasteiger partial charge < -0.3 is 9.47 Å². The first kappa shape index (κ1) is 18.7. The zero-order chi connectivity index (χ0) is 18.5. The van der Waals surface area contributed by atoms with E-state index in [0.717, 1.165) is 21.3 Å². The van der Waals surface area contributed by atoms with Crippen molar-refractivity contribution >= 4 is 50.2 Å². The second-order valence-electron chi connectivity index (χ2n) is 5.12. The van der Waals surface area contributed by atoms with E-state index in [1.54, 1.807) is 20.4 Å². The molecule has 0 aliphatic rings. The summed E-state index contributed by atoms with van der Waals surface area (Å²) in [5, 5.41) is 7.61. The predicted octanol–water partition coefficient (Wildman–Crippen LogP) is 5.69. The normalized spacial score (nSPS) is 10.9. The van der Waals surface area contributed by atoms with E-state index in [1.807, 2.05) is 41.8 Å². The SMILES string of the molecule is COc1ccc(/C=N\Nc2nc(-c3ccc(Cl)cc3)cs2)c(Br)c1OC. The lowest BCUT2D eigenvalue weighted by Gasteiger charge is -2.10. The number of anilines is 1. The van der Waals surface area contributed by atoms with E-state index in [0.29, 0.717) is 21.7 Å². The molecule has 0 radical (unpaired) electrons. The Morgan fingerprint density at radius 3 is 2.62 bits per heavy atom. The summed E-state index contributed by atoms with van der Waals surface area (Å²) in [5.74, 6) is 1.27. The van der Waals surface area contributed by atoms with E-state index >= 15 is 0 Å². The largest absolute Gasteiger partial charge is 0.493 e. The smallest absolute Gasteiger partial charge is 0.203 e. The summed E-state index contributed by atoms with van der Waals surface area (Å²) in [6.45, 7) is 0. The number of benzene rings is 2. The Morgan fingerprint density at radius 1 is 1.15 bits per heavy atom. The van der Waals surface area contributed by atoms with Crippen molar-refractivity contribution in [2.45, 2.75) is 0 Å². The van der Waals surface area contributed by atoms with Gasteiger partial charge in [0.2, 0.25) is 5.13 Å². The highest BCUT2D eigenvalue weighted by molar-refractivity contribution is 9.10. The highest BCUT2D eigenvalue weighted by Gasteiger charge is 2.11. The molecule has 0 amide bonds. The van der Waals surface area contributed by atoms with E-state index in [9.17, 15) is 0 Å². The van der Waals surface area contributed by atoms with Gasteiger partial charge in [-0.2, -0.15) is 5.10 Å². The van der Waals surface area contributed by atoms with Crippen LogP contribution in [0, 0.1) is 0 Å². The molecule has 0 saturated heterocycles. The third-order valence-electron chi connectivity index (χ3n) is 3.52. The minimum absolute atomic E-state index is 0.621. The monoisotopic (exact) mass is 451 g/mol. The summed E-state index contributed by atoms with van der Waals surface area (Å²) in [7, 11) is 3.19. The van der Waals surface area contributed by atoms with Gasteiger partial charge in [-0.05, 0) is 40.2 Å². The van der Waals surface area contributed by atoms with Gasteiger partial charge in [-0.15, -0.1) is 11.3 Å². The Labute approximate surface area is 168 Å². The molecule has 26 heavy (non-hydrogen) atoms. The van der Waals surface area contributed by atoms with E-state index in [2.05, 4.69) is 31.4 Å². The highest BCUT2D eigenvalue weighted by atomic mass is 79.9. The van der Waals surface area contributed by atoms with Crippen LogP contribution in [0.5, 0.6) is 11.5 Å². The van der Waals surface area contributed by atoms with Gasteiger partial charge in [-0.3, -0.25) is 5.43 Å². The van der Waals surface area contributed by atoms with E-state index in [1.165, 1.54) is 11.3 Å². The first-order valence-corrected chi connectivity index (χ1v) is 9.58. The molecular formula is C18H15BrClN3O2S. The molecule has 0 aliphatic carbocycles. The number of ether oxygens (including phenoxy) is 2. The lowest BCUT2D eigenvalue weighted by atomic mass is 10.2. The maximum Gasteiger partial charge on any atom is 0.203 e.